The van der Waals surface area contributed by atoms with Gasteiger partial charge in [-0.05, 0) is 55.4 Å². The fourth-order valence-corrected chi connectivity index (χ4v) is 3.15. The molecule has 1 aromatic carbocycles. The van der Waals surface area contributed by atoms with Gasteiger partial charge in [-0.15, -0.1) is 0 Å². The average molecular weight is 326 g/mol. The van der Waals surface area contributed by atoms with Crippen LogP contribution in [0.25, 0.3) is 0 Å². The van der Waals surface area contributed by atoms with Crippen molar-refractivity contribution in [3.63, 3.8) is 0 Å². The number of carbonyl (C=O) groups excluding carboxylic acids is 1. The van der Waals surface area contributed by atoms with Gasteiger partial charge in [0, 0.05) is 25.2 Å². The van der Waals surface area contributed by atoms with E-state index in [2.05, 4.69) is 0 Å². The Morgan fingerprint density at radius 3 is 2.41 bits per heavy atom. The van der Waals surface area contributed by atoms with Crippen LogP contribution in [0.5, 0.6) is 5.75 Å². The Labute approximate surface area is 137 Å². The minimum atomic E-state index is -0.334. The van der Waals surface area contributed by atoms with Gasteiger partial charge in [-0.25, -0.2) is 4.79 Å². The Hall–Kier alpha value is -1.26. The summed E-state index contributed by atoms with van der Waals surface area (Å²) in [5, 5.41) is 9.60. The Morgan fingerprint density at radius 1 is 1.23 bits per heavy atom. The van der Waals surface area contributed by atoms with Crippen LogP contribution in [0.4, 0.5) is 4.79 Å². The minimum Gasteiger partial charge on any atom is -0.410 e. The molecule has 1 aromatic rings. The van der Waals surface area contributed by atoms with E-state index in [4.69, 9.17) is 21.4 Å². The van der Waals surface area contributed by atoms with Crippen LogP contribution in [0.3, 0.4) is 0 Å². The molecule has 0 unspecified atom stereocenters. The van der Waals surface area contributed by atoms with E-state index in [9.17, 15) is 4.79 Å². The van der Waals surface area contributed by atoms with Crippen molar-refractivity contribution in [2.75, 3.05) is 20.2 Å². The Balaban J connectivity index is 1.76. The van der Waals surface area contributed by atoms with E-state index < -0.39 is 0 Å². The van der Waals surface area contributed by atoms with Crippen LogP contribution in [0, 0.1) is 11.8 Å². The highest BCUT2D eigenvalue weighted by Gasteiger charge is 2.23. The number of ether oxygens (including phenoxy) is 1. The molecule has 0 heterocycles. The topological polar surface area (TPSA) is 49.8 Å². The molecule has 5 heteroatoms. The molecule has 1 N–H and O–H groups in total. The molecule has 1 amide bonds. The number of nitrogens with zero attached hydrogens (tertiary/aromatic N) is 1. The Kier molecular flexibility index (Phi) is 6.52. The highest BCUT2D eigenvalue weighted by Crippen LogP contribution is 2.31. The molecule has 0 aliphatic heterocycles. The van der Waals surface area contributed by atoms with Gasteiger partial charge in [0.2, 0.25) is 0 Å². The predicted octanol–water partition coefficient (Wildman–Crippen LogP) is 3.96. The normalized spacial score (nSPS) is 21.4. The molecule has 1 fully saturated rings. The predicted molar refractivity (Wildman–Crippen MR) is 87.3 cm³/mol. The molecule has 22 heavy (non-hydrogen) atoms. The first-order valence-electron chi connectivity index (χ1n) is 7.88. The van der Waals surface area contributed by atoms with E-state index in [1.165, 1.54) is 0 Å². The molecule has 0 bridgehead atoms. The molecular formula is C17H24ClNO3. The summed E-state index contributed by atoms with van der Waals surface area (Å²) in [6.45, 7) is 1.00. The number of aliphatic hydroxyl groups is 1. The number of rotatable bonds is 5. The lowest BCUT2D eigenvalue weighted by Crippen LogP contribution is -2.35. The molecule has 2 rings (SSSR count). The zero-order chi connectivity index (χ0) is 15.9. The maximum atomic E-state index is 12.1. The van der Waals surface area contributed by atoms with Crippen LogP contribution in [0.1, 0.15) is 32.1 Å². The molecule has 0 radical (unpaired) electrons. The van der Waals surface area contributed by atoms with Crippen molar-refractivity contribution in [1.29, 1.82) is 0 Å². The second-order valence-corrected chi connectivity index (χ2v) is 6.54. The van der Waals surface area contributed by atoms with Gasteiger partial charge in [-0.3, -0.25) is 0 Å². The zero-order valence-corrected chi connectivity index (χ0v) is 13.8. The molecule has 0 atom stereocenters. The quantitative estimate of drug-likeness (QED) is 0.891. The number of amides is 1. The van der Waals surface area contributed by atoms with Crippen molar-refractivity contribution in [1.82, 2.24) is 4.90 Å². The van der Waals surface area contributed by atoms with E-state index in [-0.39, 0.29) is 12.7 Å². The van der Waals surface area contributed by atoms with Crippen LogP contribution in [0.15, 0.2) is 24.3 Å². The lowest BCUT2D eigenvalue weighted by Gasteiger charge is -2.30. The monoisotopic (exact) mass is 325 g/mol. The molecule has 0 aromatic heterocycles. The summed E-state index contributed by atoms with van der Waals surface area (Å²) in [5.41, 5.74) is 0. The number of halogens is 1. The van der Waals surface area contributed by atoms with Gasteiger partial charge in [-0.2, -0.15) is 0 Å². The van der Waals surface area contributed by atoms with Crippen molar-refractivity contribution in [2.45, 2.75) is 32.1 Å². The molecule has 0 spiro atoms. The Morgan fingerprint density at radius 2 is 1.82 bits per heavy atom. The fourth-order valence-electron chi connectivity index (χ4n) is 3.03. The van der Waals surface area contributed by atoms with E-state index in [1.54, 1.807) is 36.2 Å². The first kappa shape index (κ1) is 17.1. The van der Waals surface area contributed by atoms with Gasteiger partial charge in [0.05, 0.1) is 0 Å². The summed E-state index contributed by atoms with van der Waals surface area (Å²) < 4.78 is 5.33. The van der Waals surface area contributed by atoms with Gasteiger partial charge < -0.3 is 14.7 Å². The van der Waals surface area contributed by atoms with Gasteiger partial charge in [0.15, 0.2) is 0 Å². The number of hydrogen-bond acceptors (Lipinski definition) is 3. The molecule has 0 saturated heterocycles. The first-order valence-corrected chi connectivity index (χ1v) is 8.25. The van der Waals surface area contributed by atoms with Crippen LogP contribution in [0.2, 0.25) is 5.02 Å². The molecule has 122 valence electrons. The fraction of sp³-hybridized carbons (Fsp3) is 0.588. The van der Waals surface area contributed by atoms with Crippen molar-refractivity contribution < 1.29 is 14.6 Å². The highest BCUT2D eigenvalue weighted by molar-refractivity contribution is 6.30. The third kappa shape index (κ3) is 5.18. The van der Waals surface area contributed by atoms with Crippen molar-refractivity contribution in [3.8, 4) is 5.75 Å². The largest absolute Gasteiger partial charge is 0.414 e. The summed E-state index contributed by atoms with van der Waals surface area (Å²) >= 11 is 5.81. The lowest BCUT2D eigenvalue weighted by atomic mass is 9.80. The molecular weight excluding hydrogens is 302 g/mol. The van der Waals surface area contributed by atoms with E-state index in [0.717, 1.165) is 38.6 Å². The van der Waals surface area contributed by atoms with Crippen molar-refractivity contribution >= 4 is 17.7 Å². The molecule has 1 saturated carbocycles. The van der Waals surface area contributed by atoms with Gasteiger partial charge in [0.1, 0.15) is 5.75 Å². The van der Waals surface area contributed by atoms with Crippen molar-refractivity contribution in [2.24, 2.45) is 11.8 Å². The third-order valence-electron chi connectivity index (χ3n) is 4.37. The summed E-state index contributed by atoms with van der Waals surface area (Å²) in [6, 6.07) is 6.78. The second-order valence-electron chi connectivity index (χ2n) is 6.10. The van der Waals surface area contributed by atoms with Crippen LogP contribution in [-0.4, -0.2) is 36.3 Å². The van der Waals surface area contributed by atoms with Gasteiger partial charge in [0.25, 0.3) is 0 Å². The molecule has 1 aliphatic rings. The average Bonchev–Trinajstić information content (AvgIpc) is 2.51. The zero-order valence-electron chi connectivity index (χ0n) is 13.0. The standard InChI is InChI=1S/C17H24ClNO3/c1-19(12-14-4-2-13(3-5-14)10-11-20)17(21)22-16-8-6-15(18)7-9-16/h6-9,13-14,20H,2-5,10-12H2,1H3. The van der Waals surface area contributed by atoms with Gasteiger partial charge >= 0.3 is 6.09 Å². The second kappa shape index (κ2) is 8.39. The highest BCUT2D eigenvalue weighted by atomic mass is 35.5. The number of hydrogen-bond donors (Lipinski definition) is 1. The van der Waals surface area contributed by atoms with E-state index in [0.29, 0.717) is 22.6 Å². The summed E-state index contributed by atoms with van der Waals surface area (Å²) in [4.78, 5) is 13.7. The maximum absolute atomic E-state index is 12.1. The summed E-state index contributed by atoms with van der Waals surface area (Å²) in [7, 11) is 1.78. The number of carbonyl (C=O) groups is 1. The SMILES string of the molecule is CN(CC1CCC(CCO)CC1)C(=O)Oc1ccc(Cl)cc1. The number of aliphatic hydroxyl groups excluding tert-OH is 1. The smallest absolute Gasteiger partial charge is 0.410 e. The van der Waals surface area contributed by atoms with Crippen LogP contribution < -0.4 is 4.74 Å². The summed E-state index contributed by atoms with van der Waals surface area (Å²) in [6.07, 6.45) is 5.09. The minimum absolute atomic E-state index is 0.280. The van der Waals surface area contributed by atoms with E-state index in [1.807, 2.05) is 0 Å². The molecule has 1 aliphatic carbocycles. The molecule has 4 nitrogen and oxygen atoms in total. The van der Waals surface area contributed by atoms with Gasteiger partial charge in [-0.1, -0.05) is 24.4 Å². The van der Waals surface area contributed by atoms with Crippen molar-refractivity contribution in [3.05, 3.63) is 29.3 Å². The first-order chi connectivity index (χ1) is 10.6. The number of benzene rings is 1. The van der Waals surface area contributed by atoms with Crippen LogP contribution >= 0.6 is 11.6 Å². The Bertz CT molecular complexity index is 469. The summed E-state index contributed by atoms with van der Waals surface area (Å²) in [5.74, 6) is 1.68. The van der Waals surface area contributed by atoms with Crippen LogP contribution in [-0.2, 0) is 0 Å². The maximum Gasteiger partial charge on any atom is 0.414 e. The van der Waals surface area contributed by atoms with E-state index >= 15 is 0 Å². The third-order valence-corrected chi connectivity index (χ3v) is 4.62. The lowest BCUT2D eigenvalue weighted by molar-refractivity contribution is 0.142.